The Morgan fingerprint density at radius 3 is 1.81 bits per heavy atom. The standard InChI is InChI=1S/C14H29NO4S.K.H/c1-2-3-4-5-6-7-8-9-10-11-13(16)14(12-15)20(17,18)19;;/h14H,2-12,15H2,1H3,(H,17,18,19);;. The Morgan fingerprint density at radius 1 is 1.00 bits per heavy atom. The monoisotopic (exact) mass is 347 g/mol. The molecule has 21 heavy (non-hydrogen) atoms. The first kappa shape index (κ1) is 24.4. The van der Waals surface area contributed by atoms with E-state index in [1.807, 2.05) is 0 Å². The van der Waals surface area contributed by atoms with E-state index in [1.165, 1.54) is 32.1 Å². The summed E-state index contributed by atoms with van der Waals surface area (Å²) < 4.78 is 30.7. The van der Waals surface area contributed by atoms with E-state index in [9.17, 15) is 13.2 Å². The van der Waals surface area contributed by atoms with Crippen LogP contribution in [0.1, 0.15) is 71.1 Å². The van der Waals surface area contributed by atoms with Gasteiger partial charge in [0.2, 0.25) is 0 Å². The second kappa shape index (κ2) is 14.7. The van der Waals surface area contributed by atoms with E-state index in [0.717, 1.165) is 19.3 Å². The third kappa shape index (κ3) is 13.3. The molecular weight excluding hydrogens is 317 g/mol. The predicted molar refractivity (Wildman–Crippen MR) is 88.4 cm³/mol. The first-order chi connectivity index (χ1) is 9.43. The molecule has 0 aromatic rings. The molecule has 0 radical (unpaired) electrons. The van der Waals surface area contributed by atoms with Gasteiger partial charge in [-0.2, -0.15) is 8.42 Å². The molecule has 0 spiro atoms. The van der Waals surface area contributed by atoms with E-state index in [1.54, 1.807) is 0 Å². The van der Waals surface area contributed by atoms with Crippen molar-refractivity contribution >= 4 is 67.3 Å². The van der Waals surface area contributed by atoms with E-state index in [0.29, 0.717) is 6.42 Å². The van der Waals surface area contributed by atoms with Crippen molar-refractivity contribution in [2.24, 2.45) is 5.73 Å². The number of rotatable bonds is 13. The average molecular weight is 348 g/mol. The molecule has 0 aliphatic rings. The Balaban J connectivity index is 0. The minimum atomic E-state index is -4.35. The molecule has 122 valence electrons. The van der Waals surface area contributed by atoms with Crippen molar-refractivity contribution in [1.82, 2.24) is 0 Å². The molecule has 0 aromatic carbocycles. The van der Waals surface area contributed by atoms with Crippen molar-refractivity contribution in [3.05, 3.63) is 0 Å². The van der Waals surface area contributed by atoms with Gasteiger partial charge < -0.3 is 5.73 Å². The Hall–Kier alpha value is 1.18. The zero-order valence-corrected chi connectivity index (χ0v) is 13.3. The summed E-state index contributed by atoms with van der Waals surface area (Å²) >= 11 is 0. The summed E-state index contributed by atoms with van der Waals surface area (Å²) in [7, 11) is -4.35. The average Bonchev–Trinajstić information content (AvgIpc) is 2.36. The number of Topliss-reactive ketones (excluding diaryl/α,β-unsaturated/α-hetero) is 1. The van der Waals surface area contributed by atoms with Crippen LogP contribution in [0.4, 0.5) is 0 Å². The molecule has 5 nitrogen and oxygen atoms in total. The third-order valence-electron chi connectivity index (χ3n) is 3.46. The summed E-state index contributed by atoms with van der Waals surface area (Å²) in [5, 5.41) is -1.45. The van der Waals surface area contributed by atoms with Crippen LogP contribution >= 0.6 is 0 Å². The molecule has 0 heterocycles. The normalized spacial score (nSPS) is 12.7. The summed E-state index contributed by atoms with van der Waals surface area (Å²) in [4.78, 5) is 11.6. The summed E-state index contributed by atoms with van der Waals surface area (Å²) in [6.45, 7) is 1.84. The van der Waals surface area contributed by atoms with Crippen molar-refractivity contribution in [1.29, 1.82) is 0 Å². The quantitative estimate of drug-likeness (QED) is 0.302. The molecule has 0 aliphatic carbocycles. The molecule has 3 N–H and O–H groups in total. The Kier molecular flexibility index (Phi) is 17.2. The van der Waals surface area contributed by atoms with Crippen molar-refractivity contribution in [3.63, 3.8) is 0 Å². The Bertz CT molecular complexity index is 360. The van der Waals surface area contributed by atoms with Crippen LogP contribution in [0.2, 0.25) is 0 Å². The Morgan fingerprint density at radius 2 is 1.43 bits per heavy atom. The molecule has 0 fully saturated rings. The van der Waals surface area contributed by atoms with Gasteiger partial charge >= 0.3 is 51.4 Å². The number of nitrogens with two attached hydrogens (primary N) is 1. The fourth-order valence-electron chi connectivity index (χ4n) is 2.19. The number of hydrogen-bond donors (Lipinski definition) is 2. The number of carbonyl (C=O) groups excluding carboxylic acids is 1. The van der Waals surface area contributed by atoms with Gasteiger partial charge in [0.15, 0.2) is 11.0 Å². The predicted octanol–water partition coefficient (Wildman–Crippen LogP) is 2.04. The van der Waals surface area contributed by atoms with E-state index in [-0.39, 0.29) is 64.4 Å². The maximum atomic E-state index is 11.6. The number of ketones is 1. The van der Waals surface area contributed by atoms with Gasteiger partial charge in [0, 0.05) is 13.0 Å². The molecule has 0 saturated carbocycles. The van der Waals surface area contributed by atoms with Gasteiger partial charge in [-0.25, -0.2) is 0 Å². The summed E-state index contributed by atoms with van der Waals surface area (Å²) in [6, 6.07) is 0. The van der Waals surface area contributed by atoms with Gasteiger partial charge in [0.1, 0.15) is 0 Å². The Labute approximate surface area is 172 Å². The van der Waals surface area contributed by atoms with Crippen LogP contribution in [-0.2, 0) is 14.9 Å². The molecule has 1 unspecified atom stereocenters. The van der Waals surface area contributed by atoms with Crippen LogP contribution in [-0.4, -0.2) is 81.9 Å². The van der Waals surface area contributed by atoms with Gasteiger partial charge in [0.25, 0.3) is 10.1 Å². The molecule has 7 heteroatoms. The first-order valence-electron chi connectivity index (χ1n) is 7.62. The first-order valence-corrected chi connectivity index (χ1v) is 9.12. The molecule has 0 bridgehead atoms. The van der Waals surface area contributed by atoms with E-state index in [4.69, 9.17) is 10.3 Å². The summed E-state index contributed by atoms with van der Waals surface area (Å²) in [6.07, 6.45) is 10.3. The third-order valence-corrected chi connectivity index (χ3v) is 4.63. The molecule has 0 saturated heterocycles. The van der Waals surface area contributed by atoms with Crippen LogP contribution in [0.5, 0.6) is 0 Å². The SMILES string of the molecule is CCCCCCCCCCCC(=O)C(CN)S(=O)(=O)O.[KH]. The van der Waals surface area contributed by atoms with Crippen LogP contribution in [0.3, 0.4) is 0 Å². The fraction of sp³-hybridized carbons (Fsp3) is 0.929. The molecule has 0 aromatic heterocycles. The number of hydrogen-bond acceptors (Lipinski definition) is 4. The zero-order chi connectivity index (χ0) is 15.4. The number of carbonyl (C=O) groups is 1. The fourth-order valence-corrected chi connectivity index (χ4v) is 2.88. The van der Waals surface area contributed by atoms with Crippen molar-refractivity contribution in [3.8, 4) is 0 Å². The summed E-state index contributed by atoms with van der Waals surface area (Å²) in [5.41, 5.74) is 5.21. The second-order valence-corrected chi connectivity index (χ2v) is 6.88. The van der Waals surface area contributed by atoms with E-state index in [2.05, 4.69) is 6.92 Å². The molecular formula is C14H30KNO4S. The zero-order valence-electron chi connectivity index (χ0n) is 12.5. The van der Waals surface area contributed by atoms with Crippen LogP contribution in [0, 0.1) is 0 Å². The van der Waals surface area contributed by atoms with Gasteiger partial charge in [-0.15, -0.1) is 0 Å². The van der Waals surface area contributed by atoms with Gasteiger partial charge in [-0.05, 0) is 6.42 Å². The molecule has 0 rings (SSSR count). The van der Waals surface area contributed by atoms with Gasteiger partial charge in [0.05, 0.1) is 0 Å². The topological polar surface area (TPSA) is 97.5 Å². The molecule has 0 aliphatic heterocycles. The number of unbranched alkanes of at least 4 members (excludes halogenated alkanes) is 8. The van der Waals surface area contributed by atoms with Crippen LogP contribution in [0.25, 0.3) is 0 Å². The molecule has 0 amide bonds. The molecule has 1 atom stereocenters. The second-order valence-electron chi connectivity index (χ2n) is 5.28. The van der Waals surface area contributed by atoms with Crippen LogP contribution < -0.4 is 5.73 Å². The van der Waals surface area contributed by atoms with Gasteiger partial charge in [-0.1, -0.05) is 58.3 Å². The van der Waals surface area contributed by atoms with E-state index >= 15 is 0 Å². The van der Waals surface area contributed by atoms with Crippen molar-refractivity contribution < 1.29 is 17.8 Å². The van der Waals surface area contributed by atoms with E-state index < -0.39 is 21.2 Å². The van der Waals surface area contributed by atoms with Crippen molar-refractivity contribution in [2.75, 3.05) is 6.54 Å². The maximum absolute atomic E-state index is 11.6. The van der Waals surface area contributed by atoms with Crippen molar-refractivity contribution in [2.45, 2.75) is 76.4 Å². The minimum absolute atomic E-state index is 0. The van der Waals surface area contributed by atoms with Gasteiger partial charge in [-0.3, -0.25) is 9.35 Å². The summed E-state index contributed by atoms with van der Waals surface area (Å²) in [5.74, 6) is -0.474. The van der Waals surface area contributed by atoms with Crippen LogP contribution in [0.15, 0.2) is 0 Å².